The number of amides is 3. The standard InChI is InChI=1S/C62H75N9O6S.C2H6/c1-10-54(72)65-46-30-28-45(29-31-46)58-57-42(2)43(3)78-60(57)71-44(4)67-68-59(71)49(66-58)41-56(74)64-33-36-76-38-40-77-39-37-75-35-32-63-55(73)27-15-12-20-34-70-51-24-19-17-22-48(51)62(7,8)53(70)26-14-11-13-25-52-61(5,6)47-21-16-18-23-50(47)69(52)9;1-2/h10-11,13-14,16-19,21-26,28-31,49H,1,12,15,20,27,32-41H2,2-9H3,(H2-,63,64,65,66,72,73,74);1-2H3/p+1. The van der Waals surface area contributed by atoms with E-state index in [9.17, 15) is 14.4 Å². The van der Waals surface area contributed by atoms with Crippen LogP contribution in [0.15, 0.2) is 127 Å². The van der Waals surface area contributed by atoms with Crippen molar-refractivity contribution in [1.82, 2.24) is 25.4 Å². The Morgan fingerprint density at radius 3 is 2.10 bits per heavy atom. The first-order valence-electron chi connectivity index (χ1n) is 28.2. The summed E-state index contributed by atoms with van der Waals surface area (Å²) in [5.74, 6) is 0.869. The van der Waals surface area contributed by atoms with Crippen molar-refractivity contribution in [3.05, 3.63) is 166 Å². The normalized spacial score (nSPS) is 16.2. The van der Waals surface area contributed by atoms with E-state index in [0.717, 1.165) is 58.1 Å². The van der Waals surface area contributed by atoms with E-state index in [-0.39, 0.29) is 35.0 Å². The summed E-state index contributed by atoms with van der Waals surface area (Å²) in [6.07, 6.45) is 15.5. The van der Waals surface area contributed by atoms with Crippen molar-refractivity contribution >= 4 is 57.5 Å². The molecule has 3 aliphatic rings. The topological polar surface area (TPSA) is 164 Å². The predicted octanol–water partition coefficient (Wildman–Crippen LogP) is 11.0. The second-order valence-corrected chi connectivity index (χ2v) is 22.1. The van der Waals surface area contributed by atoms with Crippen molar-refractivity contribution in [3.63, 3.8) is 0 Å². The number of aryl methyl sites for hydroxylation is 2. The first-order valence-corrected chi connectivity index (χ1v) is 29.0. The molecule has 3 amide bonds. The van der Waals surface area contributed by atoms with Crippen LogP contribution in [0.4, 0.5) is 17.1 Å². The smallest absolute Gasteiger partial charge is 0.247 e. The van der Waals surface area contributed by atoms with Gasteiger partial charge in [0.1, 0.15) is 23.9 Å². The first-order chi connectivity index (χ1) is 38.6. The Morgan fingerprint density at radius 1 is 0.762 bits per heavy atom. The Hall–Kier alpha value is -7.11. The van der Waals surface area contributed by atoms with Crippen LogP contribution < -0.4 is 20.9 Å². The molecule has 3 N–H and O–H groups in total. The lowest BCUT2D eigenvalue weighted by atomic mass is 9.81. The highest BCUT2D eigenvalue weighted by atomic mass is 32.1. The monoisotopic (exact) mass is 1100 g/mol. The number of rotatable bonds is 26. The van der Waals surface area contributed by atoms with E-state index in [4.69, 9.17) is 19.2 Å². The molecule has 0 fully saturated rings. The van der Waals surface area contributed by atoms with E-state index >= 15 is 0 Å². The van der Waals surface area contributed by atoms with Crippen molar-refractivity contribution in [1.29, 1.82) is 0 Å². The number of benzene rings is 3. The van der Waals surface area contributed by atoms with E-state index < -0.39 is 6.04 Å². The average molecular weight is 1110 g/mol. The second-order valence-electron chi connectivity index (χ2n) is 20.9. The van der Waals surface area contributed by atoms with Gasteiger partial charge in [-0.1, -0.05) is 107 Å². The van der Waals surface area contributed by atoms with E-state index in [2.05, 4.69) is 170 Å². The molecule has 424 valence electrons. The lowest BCUT2D eigenvalue weighted by Gasteiger charge is -2.27. The van der Waals surface area contributed by atoms with Crippen molar-refractivity contribution in [3.8, 4) is 5.00 Å². The number of nitrogens with one attached hydrogen (secondary N) is 3. The van der Waals surface area contributed by atoms with Gasteiger partial charge in [-0.3, -0.25) is 23.9 Å². The Morgan fingerprint density at radius 2 is 1.41 bits per heavy atom. The molecular formula is C64H82N9O6S+. The SMILES string of the molecule is C=CC(=O)Nc1ccc(C2=NC(CC(=O)NCCOCCOCCOCCNC(=O)CCCCCN3\C(=C/C=C/C=C/C4=[N+](C)c5ccccc5C4(C)C)C(C)(C)c4ccccc43)c3nnc(C)n3-c3sc(C)c(C)c32)cc1.CC. The van der Waals surface area contributed by atoms with Crippen molar-refractivity contribution in [2.75, 3.05) is 76.5 Å². The van der Waals surface area contributed by atoms with Crippen LogP contribution >= 0.6 is 11.3 Å². The summed E-state index contributed by atoms with van der Waals surface area (Å²) in [5, 5.41) is 18.6. The summed E-state index contributed by atoms with van der Waals surface area (Å²) in [4.78, 5) is 46.7. The zero-order valence-electron chi connectivity index (χ0n) is 48.6. The number of carbonyl (C=O) groups is 3. The van der Waals surface area contributed by atoms with E-state index in [1.54, 1.807) is 11.3 Å². The number of aromatic nitrogens is 3. The third kappa shape index (κ3) is 14.2. The lowest BCUT2D eigenvalue weighted by molar-refractivity contribution is -0.401. The number of hydrogen-bond acceptors (Lipinski definition) is 11. The molecule has 0 radical (unpaired) electrons. The largest absolute Gasteiger partial charge is 0.377 e. The van der Waals surface area contributed by atoms with Gasteiger partial charge in [0.05, 0.1) is 57.2 Å². The van der Waals surface area contributed by atoms with Crippen LogP contribution in [0.5, 0.6) is 0 Å². The molecule has 2 aromatic heterocycles. The van der Waals surface area contributed by atoms with Crippen molar-refractivity contribution in [2.45, 2.75) is 111 Å². The highest BCUT2D eigenvalue weighted by Crippen LogP contribution is 2.48. The van der Waals surface area contributed by atoms with Crippen LogP contribution in [0.1, 0.15) is 124 Å². The molecule has 0 bridgehead atoms. The maximum atomic E-state index is 13.4. The molecule has 0 saturated heterocycles. The molecular weight excluding hydrogens is 1020 g/mol. The molecule has 16 heteroatoms. The second kappa shape index (κ2) is 28.3. The maximum Gasteiger partial charge on any atom is 0.247 e. The Kier molecular flexibility index (Phi) is 21.4. The summed E-state index contributed by atoms with van der Waals surface area (Å²) in [5.41, 5.74) is 11.9. The highest BCUT2D eigenvalue weighted by molar-refractivity contribution is 7.15. The van der Waals surface area contributed by atoms with Gasteiger partial charge in [-0.2, -0.15) is 4.58 Å². The molecule has 15 nitrogen and oxygen atoms in total. The number of fused-ring (bicyclic) bond motifs is 5. The number of anilines is 2. The van der Waals surface area contributed by atoms with E-state index in [0.29, 0.717) is 76.5 Å². The minimum Gasteiger partial charge on any atom is -0.377 e. The number of nitrogens with zero attached hydrogens (tertiary/aromatic N) is 6. The fourth-order valence-electron chi connectivity index (χ4n) is 10.6. The van der Waals surface area contributed by atoms with Crippen LogP contribution in [0.2, 0.25) is 0 Å². The highest BCUT2D eigenvalue weighted by Gasteiger charge is 2.43. The minimum atomic E-state index is -0.598. The van der Waals surface area contributed by atoms with Crippen LogP contribution in [0.25, 0.3) is 5.00 Å². The Labute approximate surface area is 477 Å². The van der Waals surface area contributed by atoms with Gasteiger partial charge in [-0.25, -0.2) is 0 Å². The van der Waals surface area contributed by atoms with Gasteiger partial charge in [0.25, 0.3) is 0 Å². The van der Waals surface area contributed by atoms with Gasteiger partial charge in [-0.15, -0.1) is 21.5 Å². The molecule has 5 aromatic rings. The van der Waals surface area contributed by atoms with Crippen LogP contribution in [0, 0.1) is 20.8 Å². The van der Waals surface area contributed by atoms with E-state index in [1.807, 2.05) is 49.6 Å². The summed E-state index contributed by atoms with van der Waals surface area (Å²) >= 11 is 1.65. The number of carbonyl (C=O) groups excluding carboxylic acids is 3. The molecule has 0 saturated carbocycles. The van der Waals surface area contributed by atoms with Gasteiger partial charge in [0, 0.05) is 82.3 Å². The number of thiophene rings is 1. The number of ether oxygens (including phenoxy) is 3. The quantitative estimate of drug-likeness (QED) is 0.0212. The number of hydrogen-bond donors (Lipinski definition) is 3. The number of aliphatic imine (C=N–C) groups is 1. The predicted molar refractivity (Wildman–Crippen MR) is 324 cm³/mol. The van der Waals surface area contributed by atoms with Crippen LogP contribution in [-0.2, 0) is 39.4 Å². The maximum absolute atomic E-state index is 13.4. The number of unbranched alkanes of at least 4 members (excludes halogenated alkanes) is 2. The third-order valence-corrected chi connectivity index (χ3v) is 16.1. The average Bonchev–Trinajstić information content (AvgIpc) is 4.18. The minimum absolute atomic E-state index is 0.0360. The van der Waals surface area contributed by atoms with Crippen LogP contribution in [0.3, 0.4) is 0 Å². The van der Waals surface area contributed by atoms with Crippen molar-refractivity contribution < 1.29 is 33.2 Å². The Balaban J connectivity index is 0.00000457. The van der Waals surface area contributed by atoms with Gasteiger partial charge >= 0.3 is 0 Å². The van der Waals surface area contributed by atoms with Gasteiger partial charge in [0.2, 0.25) is 23.4 Å². The molecule has 1 unspecified atom stereocenters. The summed E-state index contributed by atoms with van der Waals surface area (Å²) in [6, 6.07) is 24.2. The molecule has 0 aliphatic carbocycles. The molecule has 5 heterocycles. The fourth-order valence-corrected chi connectivity index (χ4v) is 11.8. The number of allylic oxidation sites excluding steroid dienone is 6. The summed E-state index contributed by atoms with van der Waals surface area (Å²) in [7, 11) is 2.15. The van der Waals surface area contributed by atoms with Gasteiger partial charge < -0.3 is 35.1 Å². The molecule has 3 aliphatic heterocycles. The zero-order chi connectivity index (χ0) is 57.4. The van der Waals surface area contributed by atoms with E-state index in [1.165, 1.54) is 40.0 Å². The third-order valence-electron chi connectivity index (χ3n) is 14.9. The van der Waals surface area contributed by atoms with Crippen LogP contribution in [-0.4, -0.2) is 115 Å². The van der Waals surface area contributed by atoms with Gasteiger partial charge in [0.15, 0.2) is 11.5 Å². The zero-order valence-corrected chi connectivity index (χ0v) is 49.4. The van der Waals surface area contributed by atoms with Crippen molar-refractivity contribution in [2.24, 2.45) is 4.99 Å². The lowest BCUT2D eigenvalue weighted by Crippen LogP contribution is -2.29. The molecule has 8 rings (SSSR count). The summed E-state index contributed by atoms with van der Waals surface area (Å²) in [6.45, 7) is 26.7. The summed E-state index contributed by atoms with van der Waals surface area (Å²) < 4.78 is 21.4. The molecule has 3 aromatic carbocycles. The number of para-hydroxylation sites is 2. The Bertz CT molecular complexity index is 3140. The fraction of sp³-hybridized carbons (Fsp3) is 0.422. The molecule has 0 spiro atoms. The first kappa shape index (κ1) is 60.5. The van der Waals surface area contributed by atoms with Gasteiger partial charge in [-0.05, 0) is 88.9 Å². The molecule has 1 atom stereocenters. The molecule has 80 heavy (non-hydrogen) atoms.